The summed E-state index contributed by atoms with van der Waals surface area (Å²) in [4.78, 5) is 17.9. The van der Waals surface area contributed by atoms with E-state index in [0.29, 0.717) is 35.1 Å². The Morgan fingerprint density at radius 1 is 1.14 bits per heavy atom. The predicted octanol–water partition coefficient (Wildman–Crippen LogP) is 2.79. The van der Waals surface area contributed by atoms with Crippen molar-refractivity contribution in [2.45, 2.75) is 13.5 Å². The van der Waals surface area contributed by atoms with E-state index in [1.807, 2.05) is 24.3 Å². The first-order valence-electron chi connectivity index (χ1n) is 9.32. The predicted molar refractivity (Wildman–Crippen MR) is 108 cm³/mol. The van der Waals surface area contributed by atoms with Crippen LogP contribution >= 0.6 is 11.6 Å². The second kappa shape index (κ2) is 8.16. The molecule has 150 valence electrons. The van der Waals surface area contributed by atoms with Gasteiger partial charge in [0.15, 0.2) is 0 Å². The van der Waals surface area contributed by atoms with E-state index in [0.717, 1.165) is 18.8 Å². The fourth-order valence-corrected chi connectivity index (χ4v) is 3.50. The number of nitrogens with zero attached hydrogens (tertiary/aromatic N) is 6. The molecule has 0 aliphatic carbocycles. The van der Waals surface area contributed by atoms with Gasteiger partial charge >= 0.3 is 0 Å². The summed E-state index contributed by atoms with van der Waals surface area (Å²) in [6, 6.07) is 12.3. The lowest BCUT2D eigenvalue weighted by Gasteiger charge is -2.36. The molecule has 4 rings (SSSR count). The Morgan fingerprint density at radius 3 is 2.66 bits per heavy atom. The van der Waals surface area contributed by atoms with Gasteiger partial charge in [-0.3, -0.25) is 4.79 Å². The van der Waals surface area contributed by atoms with E-state index < -0.39 is 0 Å². The molecule has 1 saturated heterocycles. The molecule has 9 heteroatoms. The van der Waals surface area contributed by atoms with Crippen LogP contribution in [0.4, 0.5) is 10.1 Å². The first kappa shape index (κ1) is 19.3. The number of piperazine rings is 1. The molecule has 1 aliphatic rings. The summed E-state index contributed by atoms with van der Waals surface area (Å²) in [5.74, 6) is 0.0230. The number of aromatic nitrogens is 4. The maximum absolute atomic E-state index is 13.4. The number of hydrogen-bond donors (Lipinski definition) is 0. The number of carbonyl (C=O) groups is 1. The number of benzene rings is 2. The number of rotatable bonds is 4. The standard InChI is InChI=1S/C20H20ClFN6O/c1-14-11-15(5-6-18(14)22)20-23-25-28(24-20)13-19(29)27-9-7-26(8-10-27)17-4-2-3-16(21)12-17/h2-6,11-12H,7-10,13H2,1H3. The molecule has 1 aliphatic heterocycles. The fraction of sp³-hybridized carbons (Fsp3) is 0.300. The molecule has 0 atom stereocenters. The number of anilines is 1. The minimum Gasteiger partial charge on any atom is -0.368 e. The summed E-state index contributed by atoms with van der Waals surface area (Å²) < 4.78 is 13.4. The number of hydrogen-bond acceptors (Lipinski definition) is 5. The maximum atomic E-state index is 13.4. The summed E-state index contributed by atoms with van der Waals surface area (Å²) >= 11 is 6.06. The molecule has 3 aromatic rings. The highest BCUT2D eigenvalue weighted by atomic mass is 35.5. The number of halogens is 2. The van der Waals surface area contributed by atoms with Crippen molar-refractivity contribution in [3.8, 4) is 11.4 Å². The van der Waals surface area contributed by atoms with Gasteiger partial charge in [-0.05, 0) is 54.1 Å². The molecule has 0 radical (unpaired) electrons. The zero-order chi connectivity index (χ0) is 20.4. The number of tetrazole rings is 1. The lowest BCUT2D eigenvalue weighted by atomic mass is 10.1. The van der Waals surface area contributed by atoms with Crippen LogP contribution in [-0.4, -0.2) is 57.2 Å². The lowest BCUT2D eigenvalue weighted by molar-refractivity contribution is -0.132. The molecule has 2 heterocycles. The summed E-state index contributed by atoms with van der Waals surface area (Å²) in [7, 11) is 0. The van der Waals surface area contributed by atoms with Crippen molar-refractivity contribution in [1.29, 1.82) is 0 Å². The highest BCUT2D eigenvalue weighted by Crippen LogP contribution is 2.21. The topological polar surface area (TPSA) is 67.2 Å². The Morgan fingerprint density at radius 2 is 1.93 bits per heavy atom. The average Bonchev–Trinajstić information content (AvgIpc) is 3.18. The van der Waals surface area contributed by atoms with Crippen molar-refractivity contribution in [3.63, 3.8) is 0 Å². The highest BCUT2D eigenvalue weighted by molar-refractivity contribution is 6.30. The molecule has 1 fully saturated rings. The molecule has 29 heavy (non-hydrogen) atoms. The SMILES string of the molecule is Cc1cc(-c2nnn(CC(=O)N3CCN(c4cccc(Cl)c4)CC3)n2)ccc1F. The number of aryl methyl sites for hydroxylation is 1. The third-order valence-corrected chi connectivity index (χ3v) is 5.19. The zero-order valence-electron chi connectivity index (χ0n) is 15.9. The zero-order valence-corrected chi connectivity index (χ0v) is 16.7. The van der Waals surface area contributed by atoms with E-state index in [1.54, 1.807) is 24.0 Å². The molecule has 1 amide bonds. The first-order chi connectivity index (χ1) is 14.0. The van der Waals surface area contributed by atoms with Gasteiger partial charge in [0.05, 0.1) is 0 Å². The van der Waals surface area contributed by atoms with Crippen LogP contribution in [0.5, 0.6) is 0 Å². The summed E-state index contributed by atoms with van der Waals surface area (Å²) in [6.07, 6.45) is 0. The van der Waals surface area contributed by atoms with Crippen molar-refractivity contribution in [1.82, 2.24) is 25.1 Å². The first-order valence-corrected chi connectivity index (χ1v) is 9.70. The Labute approximate surface area is 172 Å². The third kappa shape index (κ3) is 4.37. The monoisotopic (exact) mass is 414 g/mol. The van der Waals surface area contributed by atoms with Crippen molar-refractivity contribution < 1.29 is 9.18 Å². The third-order valence-electron chi connectivity index (χ3n) is 4.95. The van der Waals surface area contributed by atoms with Gasteiger partial charge in [-0.15, -0.1) is 10.2 Å². The lowest BCUT2D eigenvalue weighted by Crippen LogP contribution is -2.49. The average molecular weight is 415 g/mol. The largest absolute Gasteiger partial charge is 0.368 e. The van der Waals surface area contributed by atoms with Crippen LogP contribution in [0.3, 0.4) is 0 Å². The van der Waals surface area contributed by atoms with Gasteiger partial charge in [-0.2, -0.15) is 4.80 Å². The van der Waals surface area contributed by atoms with Crippen molar-refractivity contribution in [3.05, 3.63) is 58.9 Å². The van der Waals surface area contributed by atoms with Gasteiger partial charge in [-0.1, -0.05) is 17.7 Å². The Balaban J connectivity index is 1.36. The number of carbonyl (C=O) groups excluding carboxylic acids is 1. The van der Waals surface area contributed by atoms with Gasteiger partial charge in [0.2, 0.25) is 11.7 Å². The molecular weight excluding hydrogens is 395 g/mol. The van der Waals surface area contributed by atoms with E-state index in [4.69, 9.17) is 11.6 Å². The fourth-order valence-electron chi connectivity index (χ4n) is 3.32. The molecule has 0 spiro atoms. The Bertz CT molecular complexity index is 1030. The molecule has 2 aromatic carbocycles. The minimum atomic E-state index is -0.284. The Kier molecular flexibility index (Phi) is 5.44. The normalized spacial score (nSPS) is 14.3. The second-order valence-corrected chi connectivity index (χ2v) is 7.39. The van der Waals surface area contributed by atoms with Gasteiger partial charge in [0, 0.05) is 42.5 Å². The molecule has 0 N–H and O–H groups in total. The van der Waals surface area contributed by atoms with Crippen LogP contribution in [0.1, 0.15) is 5.56 Å². The molecule has 0 unspecified atom stereocenters. The van der Waals surface area contributed by atoms with E-state index >= 15 is 0 Å². The molecule has 1 aromatic heterocycles. The second-order valence-electron chi connectivity index (χ2n) is 6.96. The summed E-state index contributed by atoms with van der Waals surface area (Å²) in [6.45, 7) is 4.39. The van der Waals surface area contributed by atoms with Crippen molar-refractivity contribution in [2.24, 2.45) is 0 Å². The van der Waals surface area contributed by atoms with E-state index in [2.05, 4.69) is 20.3 Å². The van der Waals surface area contributed by atoms with Crippen LogP contribution in [0.15, 0.2) is 42.5 Å². The summed E-state index contributed by atoms with van der Waals surface area (Å²) in [5, 5.41) is 12.9. The van der Waals surface area contributed by atoms with E-state index in [9.17, 15) is 9.18 Å². The Hall–Kier alpha value is -3.00. The van der Waals surface area contributed by atoms with Crippen LogP contribution in [0.25, 0.3) is 11.4 Å². The molecular formula is C20H20ClFN6O. The molecule has 7 nitrogen and oxygen atoms in total. The van der Waals surface area contributed by atoms with Gasteiger partial charge < -0.3 is 9.80 Å². The van der Waals surface area contributed by atoms with Crippen LogP contribution in [0.2, 0.25) is 5.02 Å². The van der Waals surface area contributed by atoms with Crippen LogP contribution < -0.4 is 4.90 Å². The van der Waals surface area contributed by atoms with Gasteiger partial charge in [0.25, 0.3) is 0 Å². The van der Waals surface area contributed by atoms with E-state index in [1.165, 1.54) is 10.9 Å². The maximum Gasteiger partial charge on any atom is 0.246 e. The van der Waals surface area contributed by atoms with Crippen LogP contribution in [0, 0.1) is 12.7 Å². The summed E-state index contributed by atoms with van der Waals surface area (Å²) in [5.41, 5.74) is 2.23. The highest BCUT2D eigenvalue weighted by Gasteiger charge is 2.22. The van der Waals surface area contributed by atoms with Crippen molar-refractivity contribution >= 4 is 23.2 Å². The quantitative estimate of drug-likeness (QED) is 0.656. The smallest absolute Gasteiger partial charge is 0.246 e. The molecule has 0 saturated carbocycles. The van der Waals surface area contributed by atoms with Crippen molar-refractivity contribution in [2.75, 3.05) is 31.1 Å². The van der Waals surface area contributed by atoms with Gasteiger partial charge in [-0.25, -0.2) is 4.39 Å². The van der Waals surface area contributed by atoms with Crippen LogP contribution in [-0.2, 0) is 11.3 Å². The number of amides is 1. The molecule has 0 bridgehead atoms. The van der Waals surface area contributed by atoms with Gasteiger partial charge in [0.1, 0.15) is 12.4 Å². The minimum absolute atomic E-state index is 0.0182. The van der Waals surface area contributed by atoms with E-state index in [-0.39, 0.29) is 18.3 Å².